The molecule has 1 aromatic rings. The minimum Gasteiger partial charge on any atom is -0.480 e. The van der Waals surface area contributed by atoms with Gasteiger partial charge in [-0.2, -0.15) is 0 Å². The van der Waals surface area contributed by atoms with Gasteiger partial charge in [0.05, 0.1) is 5.75 Å². The van der Waals surface area contributed by atoms with Crippen LogP contribution in [-0.2, 0) is 14.4 Å². The Morgan fingerprint density at radius 1 is 1.24 bits per heavy atom. The standard InChI is InChI=1S/C14H18N2O4S/c1-9-3-5-11(6-4-9)16-13(18)8-21-7-12(14(19)20)15-10(2)17/h3-6,12H,7-8H2,1-2H3,(H,15,17)(H,16,18)(H,19,20). The Hall–Kier alpha value is -2.02. The third-order valence-electron chi connectivity index (χ3n) is 2.53. The van der Waals surface area contributed by atoms with Crippen molar-refractivity contribution in [1.82, 2.24) is 5.32 Å². The SMILES string of the molecule is CC(=O)NC(CSCC(=O)Nc1ccc(C)cc1)C(=O)O. The highest BCUT2D eigenvalue weighted by Gasteiger charge is 2.18. The first-order chi connectivity index (χ1) is 9.88. The van der Waals surface area contributed by atoms with Gasteiger partial charge >= 0.3 is 5.97 Å². The first kappa shape index (κ1) is 17.0. The maximum atomic E-state index is 11.7. The number of anilines is 1. The molecule has 0 radical (unpaired) electrons. The maximum Gasteiger partial charge on any atom is 0.327 e. The average molecular weight is 310 g/mol. The van der Waals surface area contributed by atoms with Crippen LogP contribution in [0.25, 0.3) is 0 Å². The molecule has 1 atom stereocenters. The molecule has 0 saturated heterocycles. The highest BCUT2D eigenvalue weighted by atomic mass is 32.2. The molecule has 21 heavy (non-hydrogen) atoms. The largest absolute Gasteiger partial charge is 0.480 e. The number of carbonyl (C=O) groups is 3. The second-order valence-corrected chi connectivity index (χ2v) is 5.55. The Morgan fingerprint density at radius 2 is 1.86 bits per heavy atom. The van der Waals surface area contributed by atoms with Crippen molar-refractivity contribution >= 4 is 35.2 Å². The molecule has 0 aliphatic rings. The summed E-state index contributed by atoms with van der Waals surface area (Å²) in [5.74, 6) is -1.48. The number of carboxylic acids is 1. The van der Waals surface area contributed by atoms with Crippen LogP contribution in [0, 0.1) is 6.92 Å². The van der Waals surface area contributed by atoms with Crippen LogP contribution in [0.15, 0.2) is 24.3 Å². The molecule has 0 fully saturated rings. The summed E-state index contributed by atoms with van der Waals surface area (Å²) < 4.78 is 0. The molecule has 0 saturated carbocycles. The molecule has 1 unspecified atom stereocenters. The van der Waals surface area contributed by atoms with E-state index in [0.717, 1.165) is 17.3 Å². The smallest absolute Gasteiger partial charge is 0.327 e. The number of hydrogen-bond acceptors (Lipinski definition) is 4. The molecule has 6 nitrogen and oxygen atoms in total. The lowest BCUT2D eigenvalue weighted by molar-refractivity contribution is -0.140. The summed E-state index contributed by atoms with van der Waals surface area (Å²) in [4.78, 5) is 33.5. The van der Waals surface area contributed by atoms with Gasteiger partial charge in [0.15, 0.2) is 0 Å². The number of benzene rings is 1. The van der Waals surface area contributed by atoms with Gasteiger partial charge in [0.2, 0.25) is 11.8 Å². The zero-order valence-corrected chi connectivity index (χ0v) is 12.7. The summed E-state index contributed by atoms with van der Waals surface area (Å²) in [6.45, 7) is 3.21. The van der Waals surface area contributed by atoms with Gasteiger partial charge in [-0.1, -0.05) is 17.7 Å². The molecular weight excluding hydrogens is 292 g/mol. The van der Waals surface area contributed by atoms with E-state index in [1.807, 2.05) is 19.1 Å². The van der Waals surface area contributed by atoms with Crippen molar-refractivity contribution in [1.29, 1.82) is 0 Å². The number of aryl methyl sites for hydroxylation is 1. The van der Waals surface area contributed by atoms with Crippen LogP contribution in [0.2, 0.25) is 0 Å². The van der Waals surface area contributed by atoms with Gasteiger partial charge in [0, 0.05) is 18.4 Å². The van der Waals surface area contributed by atoms with Crippen molar-refractivity contribution in [3.63, 3.8) is 0 Å². The van der Waals surface area contributed by atoms with E-state index in [0.29, 0.717) is 5.69 Å². The second-order valence-electron chi connectivity index (χ2n) is 4.52. The number of amides is 2. The molecule has 0 heterocycles. The van der Waals surface area contributed by atoms with Crippen LogP contribution in [0.3, 0.4) is 0 Å². The third kappa shape index (κ3) is 6.80. The van der Waals surface area contributed by atoms with Crippen LogP contribution in [0.5, 0.6) is 0 Å². The van der Waals surface area contributed by atoms with E-state index >= 15 is 0 Å². The molecule has 0 bridgehead atoms. The van der Waals surface area contributed by atoms with E-state index in [-0.39, 0.29) is 17.4 Å². The predicted molar refractivity (Wildman–Crippen MR) is 82.4 cm³/mol. The van der Waals surface area contributed by atoms with Crippen LogP contribution in [-0.4, -0.2) is 40.4 Å². The topological polar surface area (TPSA) is 95.5 Å². The number of carbonyl (C=O) groups excluding carboxylic acids is 2. The van der Waals surface area contributed by atoms with E-state index in [1.54, 1.807) is 12.1 Å². The summed E-state index contributed by atoms with van der Waals surface area (Å²) in [7, 11) is 0. The van der Waals surface area contributed by atoms with Gasteiger partial charge in [0.25, 0.3) is 0 Å². The minimum absolute atomic E-state index is 0.122. The molecule has 0 aliphatic carbocycles. The van der Waals surface area contributed by atoms with E-state index < -0.39 is 17.9 Å². The van der Waals surface area contributed by atoms with Crippen LogP contribution in [0.4, 0.5) is 5.69 Å². The quantitative estimate of drug-likeness (QED) is 0.704. The molecule has 7 heteroatoms. The fourth-order valence-electron chi connectivity index (χ4n) is 1.52. The van der Waals surface area contributed by atoms with Crippen LogP contribution in [0.1, 0.15) is 12.5 Å². The molecule has 3 N–H and O–H groups in total. The van der Waals surface area contributed by atoms with Crippen molar-refractivity contribution in [2.24, 2.45) is 0 Å². The van der Waals surface area contributed by atoms with Gasteiger partial charge in [-0.15, -0.1) is 11.8 Å². The Kier molecular flexibility index (Phi) is 6.74. The number of thioether (sulfide) groups is 1. The van der Waals surface area contributed by atoms with Crippen molar-refractivity contribution in [3.8, 4) is 0 Å². The Bertz CT molecular complexity index is 516. The number of rotatable bonds is 7. The summed E-state index contributed by atoms with van der Waals surface area (Å²) in [5, 5.41) is 14.0. The number of carboxylic acid groups (broad SMARTS) is 1. The van der Waals surface area contributed by atoms with E-state index in [1.165, 1.54) is 6.92 Å². The van der Waals surface area contributed by atoms with Crippen molar-refractivity contribution in [2.75, 3.05) is 16.8 Å². The number of aliphatic carboxylic acids is 1. The molecule has 0 spiro atoms. The van der Waals surface area contributed by atoms with E-state index in [4.69, 9.17) is 5.11 Å². The molecular formula is C14H18N2O4S. The summed E-state index contributed by atoms with van der Waals surface area (Å²) in [6, 6.07) is 6.39. The molecule has 1 aromatic carbocycles. The first-order valence-corrected chi connectivity index (χ1v) is 7.48. The molecule has 2 amide bonds. The number of nitrogens with one attached hydrogen (secondary N) is 2. The lowest BCUT2D eigenvalue weighted by atomic mass is 10.2. The predicted octanol–water partition coefficient (Wildman–Crippen LogP) is 1.26. The fourth-order valence-corrected chi connectivity index (χ4v) is 2.36. The average Bonchev–Trinajstić information content (AvgIpc) is 2.39. The highest BCUT2D eigenvalue weighted by molar-refractivity contribution is 8.00. The zero-order chi connectivity index (χ0) is 15.8. The Labute approximate surface area is 127 Å². The van der Waals surface area contributed by atoms with Crippen molar-refractivity contribution < 1.29 is 19.5 Å². The summed E-state index contributed by atoms with van der Waals surface area (Å²) in [5.41, 5.74) is 1.80. The van der Waals surface area contributed by atoms with Crippen molar-refractivity contribution in [3.05, 3.63) is 29.8 Å². The third-order valence-corrected chi connectivity index (χ3v) is 3.56. The molecule has 0 aliphatic heterocycles. The van der Waals surface area contributed by atoms with Crippen LogP contribution >= 0.6 is 11.8 Å². The Balaban J connectivity index is 2.36. The molecule has 114 valence electrons. The molecule has 1 rings (SSSR count). The highest BCUT2D eigenvalue weighted by Crippen LogP contribution is 2.10. The van der Waals surface area contributed by atoms with Gasteiger partial charge < -0.3 is 15.7 Å². The van der Waals surface area contributed by atoms with Gasteiger partial charge in [-0.25, -0.2) is 4.79 Å². The lowest BCUT2D eigenvalue weighted by Gasteiger charge is -2.12. The summed E-state index contributed by atoms with van der Waals surface area (Å²) >= 11 is 1.15. The van der Waals surface area contributed by atoms with Crippen molar-refractivity contribution in [2.45, 2.75) is 19.9 Å². The number of hydrogen-bond donors (Lipinski definition) is 3. The minimum atomic E-state index is -1.11. The van der Waals surface area contributed by atoms with Gasteiger partial charge in [-0.3, -0.25) is 9.59 Å². The van der Waals surface area contributed by atoms with E-state index in [2.05, 4.69) is 10.6 Å². The molecule has 0 aromatic heterocycles. The lowest BCUT2D eigenvalue weighted by Crippen LogP contribution is -2.41. The fraction of sp³-hybridized carbons (Fsp3) is 0.357. The summed E-state index contributed by atoms with van der Waals surface area (Å²) in [6.07, 6.45) is 0. The normalized spacial score (nSPS) is 11.5. The first-order valence-electron chi connectivity index (χ1n) is 6.32. The van der Waals surface area contributed by atoms with Crippen LogP contribution < -0.4 is 10.6 Å². The van der Waals surface area contributed by atoms with Gasteiger partial charge in [-0.05, 0) is 19.1 Å². The Morgan fingerprint density at radius 3 is 2.38 bits per heavy atom. The monoisotopic (exact) mass is 310 g/mol. The van der Waals surface area contributed by atoms with Gasteiger partial charge in [0.1, 0.15) is 6.04 Å². The second kappa shape index (κ2) is 8.31. The van der Waals surface area contributed by atoms with E-state index in [9.17, 15) is 14.4 Å². The zero-order valence-electron chi connectivity index (χ0n) is 11.9. The maximum absolute atomic E-state index is 11.7.